The van der Waals surface area contributed by atoms with Gasteiger partial charge in [0, 0.05) is 18.5 Å². The van der Waals surface area contributed by atoms with Gasteiger partial charge in [0.15, 0.2) is 0 Å². The van der Waals surface area contributed by atoms with E-state index >= 15 is 0 Å². The van der Waals surface area contributed by atoms with Crippen LogP contribution in [0.15, 0.2) is 0 Å². The Labute approximate surface area is 85.2 Å². The normalized spacial score (nSPS) is 25.8. The van der Waals surface area contributed by atoms with Crippen molar-refractivity contribution >= 4 is 5.91 Å². The van der Waals surface area contributed by atoms with E-state index < -0.39 is 0 Å². The molecule has 2 N–H and O–H groups in total. The van der Waals surface area contributed by atoms with Gasteiger partial charge >= 0.3 is 0 Å². The number of rotatable bonds is 3. The fourth-order valence-electron chi connectivity index (χ4n) is 1.97. The highest BCUT2D eigenvalue weighted by Gasteiger charge is 2.22. The first-order valence-corrected chi connectivity index (χ1v) is 5.33. The van der Waals surface area contributed by atoms with E-state index in [1.54, 1.807) is 5.48 Å². The van der Waals surface area contributed by atoms with Gasteiger partial charge in [-0.3, -0.25) is 14.9 Å². The quantitative estimate of drug-likeness (QED) is 0.528. The van der Waals surface area contributed by atoms with E-state index in [2.05, 4.69) is 11.8 Å². The van der Waals surface area contributed by atoms with Crippen LogP contribution in [0.3, 0.4) is 0 Å². The van der Waals surface area contributed by atoms with Crippen LogP contribution in [0.4, 0.5) is 0 Å². The monoisotopic (exact) mass is 200 g/mol. The van der Waals surface area contributed by atoms with Crippen LogP contribution in [0.2, 0.25) is 0 Å². The van der Waals surface area contributed by atoms with Gasteiger partial charge in [-0.2, -0.15) is 0 Å². The third-order valence-corrected chi connectivity index (χ3v) is 3.01. The van der Waals surface area contributed by atoms with Gasteiger partial charge in [0.25, 0.3) is 0 Å². The summed E-state index contributed by atoms with van der Waals surface area (Å²) in [5.74, 6) is -0.427. The fraction of sp³-hybridized carbons (Fsp3) is 0.900. The van der Waals surface area contributed by atoms with Crippen molar-refractivity contribution in [3.05, 3.63) is 0 Å². The molecule has 0 aromatic heterocycles. The number of hydrogen-bond acceptors (Lipinski definition) is 3. The van der Waals surface area contributed by atoms with E-state index in [1.807, 2.05) is 6.92 Å². The first kappa shape index (κ1) is 11.5. The minimum absolute atomic E-state index is 0.138. The van der Waals surface area contributed by atoms with Crippen molar-refractivity contribution in [3.63, 3.8) is 0 Å². The summed E-state index contributed by atoms with van der Waals surface area (Å²) in [5.41, 5.74) is 1.70. The largest absolute Gasteiger partial charge is 0.300 e. The molecule has 0 aromatic rings. The number of hydroxylamine groups is 1. The molecule has 0 radical (unpaired) electrons. The molecule has 1 fully saturated rings. The molecule has 0 bridgehead atoms. The minimum Gasteiger partial charge on any atom is -0.300 e. The molecule has 1 aliphatic rings. The number of carbonyl (C=O) groups is 1. The van der Waals surface area contributed by atoms with Crippen molar-refractivity contribution in [1.82, 2.24) is 10.4 Å². The zero-order chi connectivity index (χ0) is 10.6. The van der Waals surface area contributed by atoms with E-state index in [0.717, 1.165) is 13.1 Å². The maximum absolute atomic E-state index is 11.1. The summed E-state index contributed by atoms with van der Waals surface area (Å²) >= 11 is 0. The van der Waals surface area contributed by atoms with E-state index in [1.165, 1.54) is 19.3 Å². The maximum Gasteiger partial charge on any atom is 0.247 e. The van der Waals surface area contributed by atoms with Crippen LogP contribution in [0.1, 0.15) is 33.1 Å². The lowest BCUT2D eigenvalue weighted by Crippen LogP contribution is -2.43. The molecule has 0 aromatic carbocycles. The fourth-order valence-corrected chi connectivity index (χ4v) is 1.97. The summed E-state index contributed by atoms with van der Waals surface area (Å²) < 4.78 is 0. The van der Waals surface area contributed by atoms with Gasteiger partial charge in [0.1, 0.15) is 0 Å². The summed E-state index contributed by atoms with van der Waals surface area (Å²) in [7, 11) is 0. The Morgan fingerprint density at radius 2 is 2.36 bits per heavy atom. The predicted molar refractivity (Wildman–Crippen MR) is 54.0 cm³/mol. The summed E-state index contributed by atoms with van der Waals surface area (Å²) in [4.78, 5) is 13.4. The van der Waals surface area contributed by atoms with Crippen molar-refractivity contribution in [3.8, 4) is 0 Å². The lowest BCUT2D eigenvalue weighted by atomic mass is 10.0. The molecule has 0 saturated carbocycles. The lowest BCUT2D eigenvalue weighted by molar-refractivity contribution is -0.133. The third kappa shape index (κ3) is 2.96. The predicted octanol–water partition coefficient (Wildman–Crippen LogP) is 1.00. The lowest BCUT2D eigenvalue weighted by Gasteiger charge is -2.34. The van der Waals surface area contributed by atoms with Crippen molar-refractivity contribution in [2.24, 2.45) is 5.92 Å². The number of nitrogens with zero attached hydrogens (tertiary/aromatic N) is 1. The van der Waals surface area contributed by atoms with Crippen LogP contribution < -0.4 is 5.48 Å². The number of likely N-dealkylation sites (tertiary alicyclic amines) is 1. The van der Waals surface area contributed by atoms with Crippen LogP contribution in [-0.2, 0) is 4.79 Å². The molecule has 0 spiro atoms. The number of piperidine rings is 1. The van der Waals surface area contributed by atoms with Crippen molar-refractivity contribution in [1.29, 1.82) is 0 Å². The number of nitrogens with one attached hydrogen (secondary N) is 1. The molecule has 4 heteroatoms. The number of hydrogen-bond donors (Lipinski definition) is 2. The summed E-state index contributed by atoms with van der Waals surface area (Å²) in [6.45, 7) is 5.85. The second-order valence-corrected chi connectivity index (χ2v) is 4.22. The maximum atomic E-state index is 11.1. The van der Waals surface area contributed by atoms with Gasteiger partial charge < -0.3 is 0 Å². The van der Waals surface area contributed by atoms with Gasteiger partial charge in [0.2, 0.25) is 5.91 Å². The third-order valence-electron chi connectivity index (χ3n) is 3.01. The molecule has 0 aliphatic carbocycles. The Kier molecular flexibility index (Phi) is 4.35. The van der Waals surface area contributed by atoms with E-state index in [-0.39, 0.29) is 11.8 Å². The van der Waals surface area contributed by atoms with Gasteiger partial charge in [-0.15, -0.1) is 0 Å². The second kappa shape index (κ2) is 5.32. The zero-order valence-corrected chi connectivity index (χ0v) is 8.99. The SMILES string of the molecule is CC(CN1CCCCC1C)C(=O)NO. The van der Waals surface area contributed by atoms with Crippen LogP contribution in [-0.4, -0.2) is 35.1 Å². The zero-order valence-electron chi connectivity index (χ0n) is 8.99. The van der Waals surface area contributed by atoms with E-state index in [9.17, 15) is 4.79 Å². The molecular formula is C10H20N2O2. The smallest absolute Gasteiger partial charge is 0.247 e. The van der Waals surface area contributed by atoms with Gasteiger partial charge in [-0.05, 0) is 26.3 Å². The van der Waals surface area contributed by atoms with Crippen molar-refractivity contribution in [2.75, 3.05) is 13.1 Å². The molecule has 1 heterocycles. The summed E-state index contributed by atoms with van der Waals surface area (Å²) in [5, 5.41) is 8.48. The van der Waals surface area contributed by atoms with Gasteiger partial charge in [-0.25, -0.2) is 5.48 Å². The first-order valence-electron chi connectivity index (χ1n) is 5.33. The van der Waals surface area contributed by atoms with Crippen molar-refractivity contribution < 1.29 is 10.0 Å². The Bertz CT molecular complexity index is 197. The van der Waals surface area contributed by atoms with Crippen LogP contribution >= 0.6 is 0 Å². The van der Waals surface area contributed by atoms with Gasteiger partial charge in [0.05, 0.1) is 0 Å². The summed E-state index contributed by atoms with van der Waals surface area (Å²) in [6, 6.07) is 0.567. The molecule has 2 atom stereocenters. The topological polar surface area (TPSA) is 52.6 Å². The molecule has 4 nitrogen and oxygen atoms in total. The standard InChI is InChI=1S/C10H20N2O2/c1-8(10(13)11-14)7-12-6-4-3-5-9(12)2/h8-9,14H,3-7H2,1-2H3,(H,11,13). The minimum atomic E-state index is -0.289. The Balaban J connectivity index is 2.38. The molecule has 1 saturated heterocycles. The highest BCUT2D eigenvalue weighted by atomic mass is 16.5. The molecule has 1 aliphatic heterocycles. The van der Waals surface area contributed by atoms with Gasteiger partial charge in [-0.1, -0.05) is 13.3 Å². The molecule has 1 amide bonds. The molecular weight excluding hydrogens is 180 g/mol. The highest BCUT2D eigenvalue weighted by molar-refractivity contribution is 5.77. The summed E-state index contributed by atoms with van der Waals surface area (Å²) in [6.07, 6.45) is 3.73. The number of carbonyl (C=O) groups excluding carboxylic acids is 1. The Hall–Kier alpha value is -0.610. The number of amides is 1. The first-order chi connectivity index (χ1) is 6.65. The Morgan fingerprint density at radius 3 is 2.93 bits per heavy atom. The van der Waals surface area contributed by atoms with Crippen molar-refractivity contribution in [2.45, 2.75) is 39.2 Å². The van der Waals surface area contributed by atoms with Crippen LogP contribution in [0.25, 0.3) is 0 Å². The second-order valence-electron chi connectivity index (χ2n) is 4.22. The van der Waals surface area contributed by atoms with Crippen LogP contribution in [0, 0.1) is 5.92 Å². The molecule has 2 unspecified atom stereocenters. The highest BCUT2D eigenvalue weighted by Crippen LogP contribution is 2.17. The van der Waals surface area contributed by atoms with Crippen LogP contribution in [0.5, 0.6) is 0 Å². The molecule has 82 valence electrons. The Morgan fingerprint density at radius 1 is 1.64 bits per heavy atom. The van der Waals surface area contributed by atoms with E-state index in [0.29, 0.717) is 6.04 Å². The molecule has 14 heavy (non-hydrogen) atoms. The van der Waals surface area contributed by atoms with E-state index in [4.69, 9.17) is 5.21 Å². The average Bonchev–Trinajstić information content (AvgIpc) is 2.20. The molecule has 1 rings (SSSR count). The average molecular weight is 200 g/mol.